The summed E-state index contributed by atoms with van der Waals surface area (Å²) in [4.78, 5) is 12.8. The van der Waals surface area contributed by atoms with E-state index in [-0.39, 0.29) is 18.1 Å². The Morgan fingerprint density at radius 3 is 1.89 bits per heavy atom. The van der Waals surface area contributed by atoms with E-state index in [1.165, 1.54) is 86.1 Å². The number of alkyl halides is 3. The second-order valence-corrected chi connectivity index (χ2v) is 24.2. The summed E-state index contributed by atoms with van der Waals surface area (Å²) in [6.45, 7) is 10.7. The van der Waals surface area contributed by atoms with Crippen LogP contribution in [0.2, 0.25) is 17.7 Å². The topological polar surface area (TPSA) is 35.5 Å². The molecule has 206 valence electrons. The van der Waals surface area contributed by atoms with Gasteiger partial charge in [-0.15, -0.1) is 0 Å². The second kappa shape index (κ2) is 16.1. The maximum atomic E-state index is 14.1. The van der Waals surface area contributed by atoms with Gasteiger partial charge < -0.3 is 0 Å². The predicted octanol–water partition coefficient (Wildman–Crippen LogP) is 9.07. The van der Waals surface area contributed by atoms with Crippen LogP contribution in [0.15, 0.2) is 42.0 Å². The van der Waals surface area contributed by atoms with Crippen LogP contribution in [0.3, 0.4) is 0 Å². The van der Waals surface area contributed by atoms with Crippen molar-refractivity contribution in [3.63, 3.8) is 0 Å². The van der Waals surface area contributed by atoms with Crippen LogP contribution in [0.1, 0.15) is 78.7 Å². The molecule has 1 aromatic rings. The number of hydrogen-bond acceptors (Lipinski definition) is 3. The zero-order valence-electron chi connectivity index (χ0n) is 23.2. The van der Waals surface area contributed by atoms with Crippen LogP contribution in [0.4, 0.5) is 13.2 Å². The van der Waals surface area contributed by atoms with E-state index in [4.69, 9.17) is 9.47 Å². The third-order valence-corrected chi connectivity index (χ3v) is 22.9. The molecule has 0 amide bonds. The van der Waals surface area contributed by atoms with Crippen LogP contribution in [0.5, 0.6) is 0 Å². The molecule has 0 fully saturated rings. The third kappa shape index (κ3) is 9.37. The molecule has 2 atom stereocenters. The second-order valence-electron chi connectivity index (χ2n) is 10.3. The van der Waals surface area contributed by atoms with Gasteiger partial charge in [-0.25, -0.2) is 0 Å². The van der Waals surface area contributed by atoms with Gasteiger partial charge in [-0.1, -0.05) is 0 Å². The molecule has 1 aromatic carbocycles. The first-order valence-electron chi connectivity index (χ1n) is 13.5. The Bertz CT molecular complexity index is 773. The summed E-state index contributed by atoms with van der Waals surface area (Å²) in [6, 6.07) is 6.96. The van der Waals surface area contributed by atoms with Crippen LogP contribution in [-0.2, 0) is 19.9 Å². The molecule has 7 heteroatoms. The molecular weight excluding hydrogens is 572 g/mol. The quantitative estimate of drug-likeness (QED) is 0.0992. The molecule has 0 saturated heterocycles. The monoisotopic (exact) mass is 620 g/mol. The molecule has 1 rings (SSSR count). The fourth-order valence-corrected chi connectivity index (χ4v) is 22.0. The van der Waals surface area contributed by atoms with E-state index in [0.717, 1.165) is 7.11 Å². The van der Waals surface area contributed by atoms with Crippen molar-refractivity contribution in [1.29, 1.82) is 0 Å². The number of esters is 1. The first-order chi connectivity index (χ1) is 17.0. The van der Waals surface area contributed by atoms with Gasteiger partial charge >= 0.3 is 222 Å². The Labute approximate surface area is 221 Å². The Hall–Kier alpha value is -1.02. The zero-order chi connectivity index (χ0) is 27.2. The number of unbranched alkanes of at least 4 members (excludes halogenated alkanes) is 3. The fraction of sp³-hybridized carbons (Fsp3) is 0.690. The minimum absolute atomic E-state index is 0.119. The number of hydrogen-bond donors (Lipinski definition) is 0. The molecule has 0 heterocycles. The van der Waals surface area contributed by atoms with E-state index < -0.39 is 36.1 Å². The molecule has 0 saturated carbocycles. The normalized spacial score (nSPS) is 15.4. The van der Waals surface area contributed by atoms with Gasteiger partial charge in [-0.05, 0) is 0 Å². The van der Waals surface area contributed by atoms with Crippen molar-refractivity contribution in [1.82, 2.24) is 0 Å². The van der Waals surface area contributed by atoms with Gasteiger partial charge in [0.25, 0.3) is 0 Å². The van der Waals surface area contributed by atoms with Gasteiger partial charge in [0.15, 0.2) is 0 Å². The Morgan fingerprint density at radius 1 is 0.972 bits per heavy atom. The molecule has 0 unspecified atom stereocenters. The summed E-state index contributed by atoms with van der Waals surface area (Å²) >= 11 is -2.37. The zero-order valence-corrected chi connectivity index (χ0v) is 26.0. The molecular formula is C29H47F3O3Sn. The van der Waals surface area contributed by atoms with Crippen LogP contribution >= 0.6 is 0 Å². The van der Waals surface area contributed by atoms with Crippen molar-refractivity contribution < 1.29 is 27.4 Å². The van der Waals surface area contributed by atoms with Crippen LogP contribution in [0, 0.1) is 5.92 Å². The molecule has 3 nitrogen and oxygen atoms in total. The van der Waals surface area contributed by atoms with Crippen molar-refractivity contribution in [3.8, 4) is 0 Å². The predicted molar refractivity (Wildman–Crippen MR) is 145 cm³/mol. The Kier molecular flexibility index (Phi) is 14.7. The van der Waals surface area contributed by atoms with Gasteiger partial charge in [0.2, 0.25) is 0 Å². The van der Waals surface area contributed by atoms with Crippen molar-refractivity contribution >= 4 is 24.3 Å². The summed E-state index contributed by atoms with van der Waals surface area (Å²) in [5.74, 6) is -1.61. The van der Waals surface area contributed by atoms with Gasteiger partial charge in [-0.2, -0.15) is 0 Å². The number of ether oxygens (including phenoxy) is 2. The van der Waals surface area contributed by atoms with Gasteiger partial charge in [0.1, 0.15) is 0 Å². The van der Waals surface area contributed by atoms with E-state index >= 15 is 0 Å². The van der Waals surface area contributed by atoms with Crippen molar-refractivity contribution in [2.24, 2.45) is 5.92 Å². The molecule has 0 bridgehead atoms. The number of carbonyl (C=O) groups excluding carboxylic acids is 1. The summed E-state index contributed by atoms with van der Waals surface area (Å²) in [5, 5.41) is 0. The van der Waals surface area contributed by atoms with Crippen LogP contribution in [0.25, 0.3) is 0 Å². The van der Waals surface area contributed by atoms with Crippen molar-refractivity contribution in [2.75, 3.05) is 13.7 Å². The molecule has 0 aromatic heterocycles. The fourth-order valence-electron chi connectivity index (χ4n) is 5.18. The molecule has 0 N–H and O–H groups in total. The van der Waals surface area contributed by atoms with Crippen molar-refractivity contribution in [2.45, 2.75) is 103 Å². The van der Waals surface area contributed by atoms with Crippen LogP contribution < -0.4 is 0 Å². The summed E-state index contributed by atoms with van der Waals surface area (Å²) in [5.41, 5.74) is -2.13. The number of allylic oxidation sites excluding steroid dienone is 1. The molecule has 0 aliphatic heterocycles. The standard InChI is InChI=1S/C17H20F3O3.3C4H9.Sn/c1-12(2)10-13(3)11-23-15(21)16(22-4,17(18,19)20)14-8-6-5-7-9-14;3*1-3-4-2;/h5-10,13H,1,11H2,2-4H3;3*1,3-4H2,2H3;/b12-10-;;;;/t13-,16+;;;;/m1..../s1. The average Bonchev–Trinajstić information content (AvgIpc) is 2.84. The Morgan fingerprint density at radius 2 is 1.47 bits per heavy atom. The average molecular weight is 619 g/mol. The summed E-state index contributed by atoms with van der Waals surface area (Å²) in [6.07, 6.45) is 4.67. The van der Waals surface area contributed by atoms with E-state index in [0.29, 0.717) is 0 Å². The first kappa shape index (κ1) is 33.0. The summed E-state index contributed by atoms with van der Waals surface area (Å²) in [7, 11) is 0.894. The van der Waals surface area contributed by atoms with E-state index in [1.54, 1.807) is 6.07 Å². The maximum absolute atomic E-state index is 14.1. The van der Waals surface area contributed by atoms with Gasteiger partial charge in [-0.3, -0.25) is 0 Å². The van der Waals surface area contributed by atoms with E-state index in [2.05, 4.69) is 33.8 Å². The number of rotatable bonds is 17. The molecule has 0 radical (unpaired) electrons. The minimum atomic E-state index is -4.96. The van der Waals surface area contributed by atoms with Crippen molar-refractivity contribution in [3.05, 3.63) is 47.5 Å². The Balaban J connectivity index is 3.02. The third-order valence-electron chi connectivity index (χ3n) is 7.06. The first-order valence-corrected chi connectivity index (χ1v) is 21.6. The van der Waals surface area contributed by atoms with Crippen LogP contribution in [-0.4, -0.2) is 44.2 Å². The molecule has 0 aliphatic carbocycles. The van der Waals surface area contributed by atoms with Gasteiger partial charge in [0.05, 0.1) is 0 Å². The van der Waals surface area contributed by atoms with E-state index in [1.807, 2.05) is 6.92 Å². The molecule has 0 aliphatic rings. The SMILES string of the molecule is CCC[CH2][Sn]([CH2]CCC)([CH2]CCC)[CH2]/C(C)=C/[C@@H](C)COC(=O)[C@@](OC)(c1ccccc1)C(F)(F)F. The number of halogens is 3. The molecule has 36 heavy (non-hydrogen) atoms. The number of benzene rings is 1. The van der Waals surface area contributed by atoms with Gasteiger partial charge in [0, 0.05) is 0 Å². The summed E-state index contributed by atoms with van der Waals surface area (Å²) < 4.78 is 57.8. The van der Waals surface area contributed by atoms with E-state index in [9.17, 15) is 18.0 Å². The number of carbonyl (C=O) groups is 1. The molecule has 0 spiro atoms. The number of methoxy groups -OCH3 is 1.